The molecule has 0 bridgehead atoms. The van der Waals surface area contributed by atoms with Gasteiger partial charge in [0.2, 0.25) is 15.9 Å². The molecule has 2 saturated heterocycles. The summed E-state index contributed by atoms with van der Waals surface area (Å²) in [5.74, 6) is -0.0315. The molecular weight excluding hydrogens is 514 g/mol. The highest BCUT2D eigenvalue weighted by Gasteiger charge is 2.39. The summed E-state index contributed by atoms with van der Waals surface area (Å²) in [5.41, 5.74) is 1.13. The number of piperazine rings is 1. The summed E-state index contributed by atoms with van der Waals surface area (Å²) in [5, 5.41) is 14.6. The summed E-state index contributed by atoms with van der Waals surface area (Å²) in [4.78, 5) is 21.3. The van der Waals surface area contributed by atoms with Gasteiger partial charge in [0, 0.05) is 49.3 Å². The maximum Gasteiger partial charge on any atom is 0.243 e. The van der Waals surface area contributed by atoms with E-state index in [0.717, 1.165) is 42.4 Å². The van der Waals surface area contributed by atoms with Crippen molar-refractivity contribution in [1.82, 2.24) is 14.2 Å². The lowest BCUT2D eigenvalue weighted by molar-refractivity contribution is -0.136. The van der Waals surface area contributed by atoms with Gasteiger partial charge in [-0.3, -0.25) is 9.78 Å². The number of piperidine rings is 1. The van der Waals surface area contributed by atoms with Crippen molar-refractivity contribution in [3.8, 4) is 0 Å². The number of amides is 1. The Balaban J connectivity index is 1.29. The van der Waals surface area contributed by atoms with Crippen molar-refractivity contribution in [1.29, 1.82) is 0 Å². The number of anilines is 1. The molecule has 3 aromatic rings. The lowest BCUT2D eigenvalue weighted by atomic mass is 9.95. The summed E-state index contributed by atoms with van der Waals surface area (Å²) in [6, 6.07) is 13.4. The predicted molar refractivity (Wildman–Crippen MR) is 143 cm³/mol. The van der Waals surface area contributed by atoms with Gasteiger partial charge in [-0.25, -0.2) is 8.42 Å². The SMILES string of the molecule is O=C1CN(S(=O)(=O)c2ccc3cc(Cl)ccc3c2)CC(/C=N\O)N1CC1CCN(c2ccncc2)CC1. The number of hydrogen-bond donors (Lipinski definition) is 1. The Kier molecular flexibility index (Phi) is 7.32. The van der Waals surface area contributed by atoms with E-state index >= 15 is 0 Å². The monoisotopic (exact) mass is 541 g/mol. The van der Waals surface area contributed by atoms with E-state index in [1.807, 2.05) is 12.1 Å². The summed E-state index contributed by atoms with van der Waals surface area (Å²) in [6.45, 7) is 1.98. The van der Waals surface area contributed by atoms with Crippen LogP contribution in [0.1, 0.15) is 12.8 Å². The Labute approximate surface area is 221 Å². The lowest BCUT2D eigenvalue weighted by Gasteiger charge is -2.42. The molecule has 2 aliphatic heterocycles. The molecule has 9 nitrogen and oxygen atoms in total. The highest BCUT2D eigenvalue weighted by molar-refractivity contribution is 7.89. The van der Waals surface area contributed by atoms with Gasteiger partial charge in [0.1, 0.15) is 0 Å². The summed E-state index contributed by atoms with van der Waals surface area (Å²) < 4.78 is 28.1. The number of halogens is 1. The van der Waals surface area contributed by atoms with E-state index in [1.165, 1.54) is 16.6 Å². The molecule has 0 saturated carbocycles. The number of nitrogens with zero attached hydrogens (tertiary/aromatic N) is 5. The Hall–Kier alpha value is -3.21. The normalized spacial score (nSPS) is 20.2. The number of carbonyl (C=O) groups excluding carboxylic acids is 1. The van der Waals surface area contributed by atoms with Crippen molar-refractivity contribution in [3.63, 3.8) is 0 Å². The second-order valence-electron chi connectivity index (χ2n) is 9.46. The average Bonchev–Trinajstić information content (AvgIpc) is 2.91. The first-order valence-corrected chi connectivity index (χ1v) is 14.0. The van der Waals surface area contributed by atoms with Crippen molar-refractivity contribution in [2.75, 3.05) is 37.6 Å². The van der Waals surface area contributed by atoms with Gasteiger partial charge in [-0.05, 0) is 65.9 Å². The van der Waals surface area contributed by atoms with Gasteiger partial charge in [0.05, 0.1) is 23.7 Å². The van der Waals surface area contributed by atoms with Gasteiger partial charge in [-0.1, -0.05) is 28.9 Å². The fourth-order valence-corrected chi connectivity index (χ4v) is 6.76. The molecule has 5 rings (SSSR count). The smallest absolute Gasteiger partial charge is 0.243 e. The molecule has 3 heterocycles. The second-order valence-corrected chi connectivity index (χ2v) is 11.8. The van der Waals surface area contributed by atoms with Crippen LogP contribution in [0.15, 0.2) is 71.0 Å². The van der Waals surface area contributed by atoms with E-state index in [-0.39, 0.29) is 29.8 Å². The van der Waals surface area contributed by atoms with Gasteiger partial charge < -0.3 is 15.0 Å². The minimum Gasteiger partial charge on any atom is -0.411 e. The zero-order chi connectivity index (χ0) is 26.0. The zero-order valence-electron chi connectivity index (χ0n) is 20.1. The Morgan fingerprint density at radius 2 is 1.76 bits per heavy atom. The van der Waals surface area contributed by atoms with Crippen molar-refractivity contribution in [2.45, 2.75) is 23.8 Å². The number of fused-ring (bicyclic) bond motifs is 1. The fourth-order valence-electron chi connectivity index (χ4n) is 5.13. The minimum absolute atomic E-state index is 0.0205. The van der Waals surface area contributed by atoms with Gasteiger partial charge in [-0.15, -0.1) is 0 Å². The first kappa shape index (κ1) is 25.4. The Morgan fingerprint density at radius 3 is 2.49 bits per heavy atom. The third kappa shape index (κ3) is 5.41. The Bertz CT molecular complexity index is 1410. The van der Waals surface area contributed by atoms with Crippen LogP contribution in [0.2, 0.25) is 5.02 Å². The van der Waals surface area contributed by atoms with Crippen molar-refractivity contribution >= 4 is 50.2 Å². The second kappa shape index (κ2) is 10.6. The predicted octanol–water partition coefficient (Wildman–Crippen LogP) is 3.47. The van der Waals surface area contributed by atoms with Crippen LogP contribution in [-0.4, -0.2) is 78.7 Å². The van der Waals surface area contributed by atoms with Gasteiger partial charge in [0.15, 0.2) is 0 Å². The first-order chi connectivity index (χ1) is 17.8. The van der Waals surface area contributed by atoms with Crippen LogP contribution >= 0.6 is 11.6 Å². The minimum atomic E-state index is -3.94. The van der Waals surface area contributed by atoms with Gasteiger partial charge in [0.25, 0.3) is 0 Å². The van der Waals surface area contributed by atoms with E-state index in [1.54, 1.807) is 47.6 Å². The molecule has 37 heavy (non-hydrogen) atoms. The number of aromatic nitrogens is 1. The Morgan fingerprint density at radius 1 is 1.05 bits per heavy atom. The third-order valence-electron chi connectivity index (χ3n) is 7.17. The van der Waals surface area contributed by atoms with E-state index in [9.17, 15) is 18.4 Å². The number of pyridine rings is 1. The highest BCUT2D eigenvalue weighted by Crippen LogP contribution is 2.28. The van der Waals surface area contributed by atoms with Crippen molar-refractivity contribution in [2.24, 2.45) is 11.1 Å². The number of carbonyl (C=O) groups is 1. The zero-order valence-corrected chi connectivity index (χ0v) is 21.7. The molecule has 0 spiro atoms. The van der Waals surface area contributed by atoms with E-state index in [0.29, 0.717) is 11.6 Å². The summed E-state index contributed by atoms with van der Waals surface area (Å²) >= 11 is 6.04. The number of oxime groups is 1. The van der Waals surface area contributed by atoms with Crippen molar-refractivity contribution < 1.29 is 18.4 Å². The van der Waals surface area contributed by atoms with Gasteiger partial charge >= 0.3 is 0 Å². The van der Waals surface area contributed by atoms with E-state index in [4.69, 9.17) is 11.6 Å². The maximum atomic E-state index is 13.5. The molecule has 1 N–H and O–H groups in total. The number of hydrogen-bond acceptors (Lipinski definition) is 7. The number of benzene rings is 2. The fraction of sp³-hybridized carbons (Fsp3) is 0.346. The number of rotatable bonds is 6. The molecule has 0 radical (unpaired) electrons. The van der Waals surface area contributed by atoms with Crippen LogP contribution in [0.4, 0.5) is 5.69 Å². The summed E-state index contributed by atoms with van der Waals surface area (Å²) in [6.07, 6.45) is 6.60. The van der Waals surface area contributed by atoms with Crippen molar-refractivity contribution in [3.05, 3.63) is 65.9 Å². The highest BCUT2D eigenvalue weighted by atomic mass is 35.5. The molecule has 2 fully saturated rings. The van der Waals surface area contributed by atoms with Crippen LogP contribution in [0.5, 0.6) is 0 Å². The molecule has 194 valence electrons. The molecule has 1 atom stereocenters. The molecule has 0 aliphatic carbocycles. The molecule has 2 aromatic carbocycles. The van der Waals surface area contributed by atoms with Crippen LogP contribution in [0.3, 0.4) is 0 Å². The first-order valence-electron chi connectivity index (χ1n) is 12.2. The largest absolute Gasteiger partial charge is 0.411 e. The van der Waals surface area contributed by atoms with Crippen LogP contribution < -0.4 is 4.90 Å². The molecule has 1 aromatic heterocycles. The molecular formula is C26H28ClN5O4S. The van der Waals surface area contributed by atoms with Gasteiger partial charge in [-0.2, -0.15) is 4.31 Å². The average molecular weight is 542 g/mol. The third-order valence-corrected chi connectivity index (χ3v) is 9.21. The molecule has 1 unspecified atom stereocenters. The maximum absolute atomic E-state index is 13.5. The molecule has 2 aliphatic rings. The van der Waals surface area contributed by atoms with Crippen LogP contribution in [-0.2, 0) is 14.8 Å². The standard InChI is InChI=1S/C26H28ClN5O4S/c27-22-3-1-21-14-25(4-2-20(21)13-22)37(35,36)31-17-24(15-29-34)32(26(33)18-31)16-19-7-11-30(12-8-19)23-5-9-28-10-6-23/h1-6,9-10,13-15,19,24,34H,7-8,11-12,16-18H2/b29-15-. The molecule has 11 heteroatoms. The molecule has 1 amide bonds. The van der Waals surface area contributed by atoms with Crippen LogP contribution in [0, 0.1) is 5.92 Å². The van der Waals surface area contributed by atoms with Crippen LogP contribution in [0.25, 0.3) is 10.8 Å². The summed E-state index contributed by atoms with van der Waals surface area (Å²) in [7, 11) is -3.94. The number of sulfonamides is 1. The van der Waals surface area contributed by atoms with E-state index in [2.05, 4.69) is 15.0 Å². The van der Waals surface area contributed by atoms with E-state index < -0.39 is 16.1 Å². The lowest BCUT2D eigenvalue weighted by Crippen LogP contribution is -2.59. The quantitative estimate of drug-likeness (QED) is 0.291. The topological polar surface area (TPSA) is 106 Å².